The van der Waals surface area contributed by atoms with Crippen molar-refractivity contribution in [1.82, 2.24) is 4.98 Å². The second-order valence-corrected chi connectivity index (χ2v) is 4.88. The molecule has 0 aliphatic rings. The van der Waals surface area contributed by atoms with Gasteiger partial charge in [-0.1, -0.05) is 18.2 Å². The van der Waals surface area contributed by atoms with Crippen molar-refractivity contribution in [2.75, 3.05) is 5.32 Å². The molecule has 0 aliphatic heterocycles. The quantitative estimate of drug-likeness (QED) is 0.665. The highest BCUT2D eigenvalue weighted by Crippen LogP contribution is 2.30. The molecule has 3 rings (SSSR count). The third-order valence-electron chi connectivity index (χ3n) is 3.39. The topological polar surface area (TPSA) is 99.5 Å². The zero-order valence-corrected chi connectivity index (χ0v) is 13.1. The van der Waals surface area contributed by atoms with Gasteiger partial charge in [0.25, 0.3) is 0 Å². The smallest absolute Gasteiger partial charge is 0.339 e. The molecule has 1 aromatic heterocycles. The standard InChI is InChI=1S/C17H12N2O4.ClH/c20-16(21)10-6-7-14-12(8-10)15(13(9-18-14)17(22)23)19-11-4-2-1-3-5-11;/h1-9H,(H,18,19)(H,20,21)(H,22,23);1H. The van der Waals surface area contributed by atoms with Gasteiger partial charge in [0.15, 0.2) is 0 Å². The number of hydrogen-bond donors (Lipinski definition) is 3. The first-order chi connectivity index (χ1) is 11.1. The molecule has 0 saturated carbocycles. The van der Waals surface area contributed by atoms with Crippen LogP contribution in [0.3, 0.4) is 0 Å². The van der Waals surface area contributed by atoms with E-state index in [2.05, 4.69) is 10.3 Å². The lowest BCUT2D eigenvalue weighted by atomic mass is 10.1. The Labute approximate surface area is 143 Å². The maximum Gasteiger partial charge on any atom is 0.339 e. The number of halogens is 1. The Hall–Kier alpha value is -3.12. The van der Waals surface area contributed by atoms with Crippen LogP contribution < -0.4 is 5.32 Å². The van der Waals surface area contributed by atoms with Crippen LogP contribution in [0.2, 0.25) is 0 Å². The Balaban J connectivity index is 0.00000208. The Bertz CT molecular complexity index is 908. The van der Waals surface area contributed by atoms with Gasteiger partial charge in [-0.05, 0) is 30.3 Å². The maximum atomic E-state index is 11.5. The van der Waals surface area contributed by atoms with Crippen molar-refractivity contribution < 1.29 is 19.8 Å². The molecule has 0 atom stereocenters. The van der Waals surface area contributed by atoms with E-state index in [1.165, 1.54) is 18.3 Å². The largest absolute Gasteiger partial charge is 0.478 e. The van der Waals surface area contributed by atoms with Gasteiger partial charge in [-0.3, -0.25) is 4.98 Å². The predicted octanol–water partition coefficient (Wildman–Crippen LogP) is 3.80. The van der Waals surface area contributed by atoms with Crippen LogP contribution in [0.15, 0.2) is 54.7 Å². The highest BCUT2D eigenvalue weighted by atomic mass is 35.5. The zero-order valence-electron chi connectivity index (χ0n) is 12.3. The fourth-order valence-corrected chi connectivity index (χ4v) is 2.29. The summed E-state index contributed by atoms with van der Waals surface area (Å²) in [6.45, 7) is 0. The van der Waals surface area contributed by atoms with Gasteiger partial charge in [0, 0.05) is 17.3 Å². The summed E-state index contributed by atoms with van der Waals surface area (Å²) in [6, 6.07) is 13.5. The summed E-state index contributed by atoms with van der Waals surface area (Å²) in [7, 11) is 0. The van der Waals surface area contributed by atoms with Crippen LogP contribution >= 0.6 is 12.4 Å². The van der Waals surface area contributed by atoms with Gasteiger partial charge < -0.3 is 15.5 Å². The molecule has 7 heteroatoms. The Morgan fingerprint density at radius 3 is 2.29 bits per heavy atom. The molecular weight excluding hydrogens is 332 g/mol. The average Bonchev–Trinajstić information content (AvgIpc) is 2.55. The lowest BCUT2D eigenvalue weighted by Gasteiger charge is -2.13. The summed E-state index contributed by atoms with van der Waals surface area (Å²) in [5.74, 6) is -2.23. The van der Waals surface area contributed by atoms with E-state index in [1.54, 1.807) is 18.2 Å². The Kier molecular flexibility index (Phi) is 5.01. The second kappa shape index (κ2) is 6.97. The molecule has 0 unspecified atom stereocenters. The molecule has 0 fully saturated rings. The summed E-state index contributed by atoms with van der Waals surface area (Å²) in [5.41, 5.74) is 1.57. The number of carbonyl (C=O) groups is 2. The van der Waals surface area contributed by atoms with E-state index in [4.69, 9.17) is 5.11 Å². The first-order valence-corrected chi connectivity index (χ1v) is 6.77. The summed E-state index contributed by atoms with van der Waals surface area (Å²) in [5, 5.41) is 22.0. The van der Waals surface area contributed by atoms with Crippen LogP contribution in [0.1, 0.15) is 20.7 Å². The second-order valence-electron chi connectivity index (χ2n) is 4.88. The number of aromatic nitrogens is 1. The van der Waals surface area contributed by atoms with Crippen molar-refractivity contribution in [2.45, 2.75) is 0 Å². The summed E-state index contributed by atoms with van der Waals surface area (Å²) in [6.07, 6.45) is 1.26. The highest BCUT2D eigenvalue weighted by molar-refractivity contribution is 6.07. The van der Waals surface area contributed by atoms with Crippen molar-refractivity contribution >= 4 is 46.6 Å². The van der Waals surface area contributed by atoms with E-state index in [1.807, 2.05) is 18.2 Å². The molecule has 3 N–H and O–H groups in total. The summed E-state index contributed by atoms with van der Waals surface area (Å²) >= 11 is 0. The lowest BCUT2D eigenvalue weighted by molar-refractivity contribution is 0.0687. The monoisotopic (exact) mass is 344 g/mol. The summed E-state index contributed by atoms with van der Waals surface area (Å²) in [4.78, 5) is 26.7. The third kappa shape index (κ3) is 3.28. The molecule has 0 radical (unpaired) electrons. The molecule has 3 aromatic rings. The van der Waals surface area contributed by atoms with Crippen LogP contribution in [-0.2, 0) is 0 Å². The molecule has 0 saturated heterocycles. The van der Waals surface area contributed by atoms with Crippen molar-refractivity contribution in [3.8, 4) is 0 Å². The molecule has 122 valence electrons. The highest BCUT2D eigenvalue weighted by Gasteiger charge is 2.16. The molecule has 0 spiro atoms. The minimum absolute atomic E-state index is 0. The fourth-order valence-electron chi connectivity index (χ4n) is 2.29. The van der Waals surface area contributed by atoms with Crippen LogP contribution in [-0.4, -0.2) is 27.1 Å². The zero-order chi connectivity index (χ0) is 16.4. The Morgan fingerprint density at radius 1 is 0.958 bits per heavy atom. The van der Waals surface area contributed by atoms with E-state index >= 15 is 0 Å². The maximum absolute atomic E-state index is 11.5. The van der Waals surface area contributed by atoms with Crippen molar-refractivity contribution in [1.29, 1.82) is 0 Å². The number of carboxylic acid groups (broad SMARTS) is 2. The van der Waals surface area contributed by atoms with Gasteiger partial charge in [0.05, 0.1) is 16.8 Å². The fraction of sp³-hybridized carbons (Fsp3) is 0. The molecule has 0 bridgehead atoms. The summed E-state index contributed by atoms with van der Waals surface area (Å²) < 4.78 is 0. The number of pyridine rings is 1. The van der Waals surface area contributed by atoms with Gasteiger partial charge in [-0.15, -0.1) is 12.4 Å². The van der Waals surface area contributed by atoms with Crippen LogP contribution in [0.5, 0.6) is 0 Å². The number of rotatable bonds is 4. The van der Waals surface area contributed by atoms with Crippen LogP contribution in [0, 0.1) is 0 Å². The number of anilines is 2. The number of para-hydroxylation sites is 1. The van der Waals surface area contributed by atoms with Gasteiger partial charge in [-0.2, -0.15) is 0 Å². The number of nitrogens with one attached hydrogen (secondary N) is 1. The first-order valence-electron chi connectivity index (χ1n) is 6.77. The van der Waals surface area contributed by atoms with Gasteiger partial charge in [0.2, 0.25) is 0 Å². The number of benzene rings is 2. The first kappa shape index (κ1) is 17.2. The normalized spacial score (nSPS) is 10.0. The SMILES string of the molecule is Cl.O=C(O)c1ccc2ncc(C(=O)O)c(Nc3ccccc3)c2c1. The number of fused-ring (bicyclic) bond motifs is 1. The van der Waals surface area contributed by atoms with E-state index in [9.17, 15) is 14.7 Å². The number of hydrogen-bond acceptors (Lipinski definition) is 4. The number of nitrogens with zero attached hydrogens (tertiary/aromatic N) is 1. The van der Waals surface area contributed by atoms with Crippen molar-refractivity contribution in [3.05, 3.63) is 65.9 Å². The van der Waals surface area contributed by atoms with E-state index < -0.39 is 11.9 Å². The molecule has 0 aliphatic carbocycles. The molecule has 1 heterocycles. The molecule has 0 amide bonds. The van der Waals surface area contributed by atoms with Gasteiger partial charge >= 0.3 is 11.9 Å². The van der Waals surface area contributed by atoms with Crippen LogP contribution in [0.4, 0.5) is 11.4 Å². The van der Waals surface area contributed by atoms with Crippen molar-refractivity contribution in [3.63, 3.8) is 0 Å². The molecular formula is C17H13ClN2O4. The average molecular weight is 345 g/mol. The predicted molar refractivity (Wildman–Crippen MR) is 92.6 cm³/mol. The van der Waals surface area contributed by atoms with Crippen molar-refractivity contribution in [2.24, 2.45) is 0 Å². The molecule has 2 aromatic carbocycles. The minimum Gasteiger partial charge on any atom is -0.478 e. The van der Waals surface area contributed by atoms with Gasteiger partial charge in [-0.25, -0.2) is 9.59 Å². The molecule has 6 nitrogen and oxygen atoms in total. The lowest BCUT2D eigenvalue weighted by Crippen LogP contribution is -2.05. The number of carboxylic acids is 2. The third-order valence-corrected chi connectivity index (χ3v) is 3.39. The Morgan fingerprint density at radius 2 is 1.67 bits per heavy atom. The van der Waals surface area contributed by atoms with Gasteiger partial charge in [0.1, 0.15) is 5.56 Å². The van der Waals surface area contributed by atoms with E-state index in [0.717, 1.165) is 0 Å². The van der Waals surface area contributed by atoms with Crippen LogP contribution in [0.25, 0.3) is 10.9 Å². The van der Waals surface area contributed by atoms with E-state index in [0.29, 0.717) is 22.3 Å². The molecule has 24 heavy (non-hydrogen) atoms. The minimum atomic E-state index is -1.14. The van der Waals surface area contributed by atoms with E-state index in [-0.39, 0.29) is 23.5 Å². The number of aromatic carboxylic acids is 2.